The maximum atomic E-state index is 13.4. The van der Waals surface area contributed by atoms with Crippen molar-refractivity contribution in [2.24, 2.45) is 0 Å². The second-order valence-electron chi connectivity index (χ2n) is 2.85. The summed E-state index contributed by atoms with van der Waals surface area (Å²) in [5.41, 5.74) is 1.000. The lowest BCUT2D eigenvalue weighted by molar-refractivity contribution is 0.641. The van der Waals surface area contributed by atoms with Crippen molar-refractivity contribution in [1.82, 2.24) is 0 Å². The van der Waals surface area contributed by atoms with Crippen molar-refractivity contribution in [1.29, 1.82) is 0 Å². The van der Waals surface area contributed by atoms with Crippen molar-refractivity contribution in [2.75, 3.05) is 6.26 Å². The van der Waals surface area contributed by atoms with Crippen LogP contribution in [0.25, 0.3) is 10.1 Å². The SMILES string of the molecule is CSc1cc2c(CCl)ccc(F)c2s1. The first-order chi connectivity index (χ1) is 6.76. The molecule has 0 fully saturated rings. The summed E-state index contributed by atoms with van der Waals surface area (Å²) < 4.78 is 15.2. The quantitative estimate of drug-likeness (QED) is 0.555. The fraction of sp³-hybridized carbons (Fsp3) is 0.200. The molecule has 0 amide bonds. The summed E-state index contributed by atoms with van der Waals surface area (Å²) in [4.78, 5) is 0. The molecule has 2 aromatic rings. The van der Waals surface area contributed by atoms with Crippen molar-refractivity contribution in [3.8, 4) is 0 Å². The second-order valence-corrected chi connectivity index (χ2v) is 5.28. The summed E-state index contributed by atoms with van der Waals surface area (Å²) in [6.45, 7) is 0. The van der Waals surface area contributed by atoms with Crippen LogP contribution >= 0.6 is 34.7 Å². The van der Waals surface area contributed by atoms with Gasteiger partial charge in [-0.25, -0.2) is 4.39 Å². The molecule has 4 heteroatoms. The van der Waals surface area contributed by atoms with Gasteiger partial charge in [0, 0.05) is 11.3 Å². The van der Waals surface area contributed by atoms with Gasteiger partial charge in [0.25, 0.3) is 0 Å². The van der Waals surface area contributed by atoms with Gasteiger partial charge in [-0.15, -0.1) is 34.7 Å². The first-order valence-corrected chi connectivity index (χ1v) is 6.64. The number of benzene rings is 1. The van der Waals surface area contributed by atoms with Crippen LogP contribution in [0, 0.1) is 5.82 Å². The summed E-state index contributed by atoms with van der Waals surface area (Å²) in [6, 6.07) is 5.24. The van der Waals surface area contributed by atoms with Crippen LogP contribution in [0.5, 0.6) is 0 Å². The molecule has 2 rings (SSSR count). The summed E-state index contributed by atoms with van der Waals surface area (Å²) in [6.07, 6.45) is 1.99. The molecule has 0 atom stereocenters. The number of halogens is 2. The van der Waals surface area contributed by atoms with Gasteiger partial charge in [0.1, 0.15) is 5.82 Å². The molecular weight excluding hydrogens is 239 g/mol. The minimum Gasteiger partial charge on any atom is -0.205 e. The Balaban J connectivity index is 2.74. The van der Waals surface area contributed by atoms with Crippen LogP contribution < -0.4 is 0 Å². The molecule has 1 aromatic heterocycles. The number of fused-ring (bicyclic) bond motifs is 1. The Labute approximate surface area is 95.1 Å². The molecule has 0 bridgehead atoms. The normalized spacial score (nSPS) is 11.1. The largest absolute Gasteiger partial charge is 0.205 e. The van der Waals surface area contributed by atoms with Gasteiger partial charge in [-0.2, -0.15) is 0 Å². The van der Waals surface area contributed by atoms with Gasteiger partial charge in [0.05, 0.1) is 8.91 Å². The van der Waals surface area contributed by atoms with Crippen LogP contribution in [0.3, 0.4) is 0 Å². The minimum absolute atomic E-state index is 0.154. The number of thiophene rings is 1. The molecule has 0 unspecified atom stereocenters. The van der Waals surface area contributed by atoms with Gasteiger partial charge in [-0.1, -0.05) is 6.07 Å². The fourth-order valence-electron chi connectivity index (χ4n) is 1.34. The Morgan fingerprint density at radius 3 is 2.93 bits per heavy atom. The molecule has 1 aromatic carbocycles. The van der Waals surface area contributed by atoms with E-state index in [1.807, 2.05) is 12.3 Å². The van der Waals surface area contributed by atoms with Crippen molar-refractivity contribution in [3.05, 3.63) is 29.6 Å². The number of hydrogen-bond acceptors (Lipinski definition) is 2. The van der Waals surface area contributed by atoms with Crippen LogP contribution in [0.4, 0.5) is 4.39 Å². The summed E-state index contributed by atoms with van der Waals surface area (Å²) in [5.74, 6) is 0.278. The smallest absolute Gasteiger partial charge is 0.141 e. The van der Waals surface area contributed by atoms with Gasteiger partial charge < -0.3 is 0 Å². The Hall–Kier alpha value is -0.250. The highest BCUT2D eigenvalue weighted by molar-refractivity contribution is 8.00. The average Bonchev–Trinajstić information content (AvgIpc) is 2.63. The zero-order chi connectivity index (χ0) is 10.1. The predicted molar refractivity (Wildman–Crippen MR) is 63.1 cm³/mol. The van der Waals surface area contributed by atoms with Crippen molar-refractivity contribution >= 4 is 44.8 Å². The van der Waals surface area contributed by atoms with Gasteiger partial charge in [-0.3, -0.25) is 0 Å². The van der Waals surface area contributed by atoms with Crippen molar-refractivity contribution < 1.29 is 4.39 Å². The van der Waals surface area contributed by atoms with E-state index < -0.39 is 0 Å². The van der Waals surface area contributed by atoms with E-state index in [1.165, 1.54) is 17.4 Å². The van der Waals surface area contributed by atoms with E-state index in [9.17, 15) is 4.39 Å². The highest BCUT2D eigenvalue weighted by Gasteiger charge is 2.09. The first kappa shape index (κ1) is 10.3. The number of rotatable bonds is 2. The van der Waals surface area contributed by atoms with Crippen LogP contribution in [-0.4, -0.2) is 6.26 Å². The molecule has 0 saturated heterocycles. The highest BCUT2D eigenvalue weighted by Crippen LogP contribution is 2.35. The van der Waals surface area contributed by atoms with Crippen LogP contribution in [0.15, 0.2) is 22.4 Å². The van der Waals surface area contributed by atoms with Crippen molar-refractivity contribution in [2.45, 2.75) is 10.1 Å². The zero-order valence-electron chi connectivity index (χ0n) is 7.51. The molecule has 0 aliphatic heterocycles. The molecule has 0 radical (unpaired) electrons. The lowest BCUT2D eigenvalue weighted by atomic mass is 10.1. The molecule has 74 valence electrons. The Kier molecular flexibility index (Phi) is 3.00. The lowest BCUT2D eigenvalue weighted by Crippen LogP contribution is -1.80. The maximum Gasteiger partial charge on any atom is 0.141 e. The molecule has 0 aliphatic carbocycles. The standard InChI is InChI=1S/C10H8ClFS2/c1-13-9-4-7-6(5-11)2-3-8(12)10(7)14-9/h2-4H,5H2,1H3. The van der Waals surface area contributed by atoms with Gasteiger partial charge in [0.2, 0.25) is 0 Å². The molecule has 0 N–H and O–H groups in total. The highest BCUT2D eigenvalue weighted by atomic mass is 35.5. The molecule has 1 heterocycles. The Bertz CT molecular complexity index is 464. The third-order valence-electron chi connectivity index (χ3n) is 2.05. The van der Waals surface area contributed by atoms with Gasteiger partial charge in [0.15, 0.2) is 0 Å². The van der Waals surface area contributed by atoms with E-state index >= 15 is 0 Å². The monoisotopic (exact) mass is 246 g/mol. The number of thioether (sulfide) groups is 1. The minimum atomic E-state index is -0.154. The van der Waals surface area contributed by atoms with E-state index in [2.05, 4.69) is 0 Å². The second kappa shape index (κ2) is 4.09. The maximum absolute atomic E-state index is 13.4. The lowest BCUT2D eigenvalue weighted by Gasteiger charge is -1.97. The first-order valence-electron chi connectivity index (χ1n) is 4.07. The predicted octanol–water partition coefficient (Wildman–Crippen LogP) is 4.50. The third kappa shape index (κ3) is 1.64. The molecule has 0 saturated carbocycles. The van der Waals surface area contributed by atoms with E-state index in [1.54, 1.807) is 17.8 Å². The number of hydrogen-bond donors (Lipinski definition) is 0. The topological polar surface area (TPSA) is 0 Å². The fourth-order valence-corrected chi connectivity index (χ4v) is 3.24. The molecular formula is C10H8ClFS2. The van der Waals surface area contributed by atoms with E-state index in [0.29, 0.717) is 10.6 Å². The molecule has 0 aliphatic rings. The Morgan fingerprint density at radius 1 is 1.50 bits per heavy atom. The third-order valence-corrected chi connectivity index (χ3v) is 4.54. The van der Waals surface area contributed by atoms with Crippen LogP contribution in [0.1, 0.15) is 5.56 Å². The molecule has 0 spiro atoms. The van der Waals surface area contributed by atoms with E-state index in [-0.39, 0.29) is 5.82 Å². The Morgan fingerprint density at radius 2 is 2.29 bits per heavy atom. The number of alkyl halides is 1. The summed E-state index contributed by atoms with van der Waals surface area (Å²) in [7, 11) is 0. The van der Waals surface area contributed by atoms with Crippen LogP contribution in [-0.2, 0) is 5.88 Å². The van der Waals surface area contributed by atoms with E-state index in [0.717, 1.165) is 15.2 Å². The molecule has 0 nitrogen and oxygen atoms in total. The van der Waals surface area contributed by atoms with E-state index in [4.69, 9.17) is 11.6 Å². The van der Waals surface area contributed by atoms with Gasteiger partial charge in [-0.05, 0) is 24.0 Å². The van der Waals surface area contributed by atoms with Gasteiger partial charge >= 0.3 is 0 Å². The molecule has 14 heavy (non-hydrogen) atoms. The van der Waals surface area contributed by atoms with Crippen LogP contribution in [0.2, 0.25) is 0 Å². The average molecular weight is 247 g/mol. The summed E-state index contributed by atoms with van der Waals surface area (Å²) >= 11 is 8.90. The zero-order valence-corrected chi connectivity index (χ0v) is 9.90. The summed E-state index contributed by atoms with van der Waals surface area (Å²) in [5, 5.41) is 0.953. The van der Waals surface area contributed by atoms with Crippen molar-refractivity contribution in [3.63, 3.8) is 0 Å².